The van der Waals surface area contributed by atoms with E-state index < -0.39 is 4.92 Å². The van der Waals surface area contributed by atoms with Crippen molar-refractivity contribution in [3.8, 4) is 0 Å². The number of nitro groups is 1. The van der Waals surface area contributed by atoms with E-state index in [0.717, 1.165) is 12.0 Å². The van der Waals surface area contributed by atoms with Crippen molar-refractivity contribution in [2.75, 3.05) is 18.5 Å². The summed E-state index contributed by atoms with van der Waals surface area (Å²) in [6.07, 6.45) is 0.754. The number of nitrogens with zero attached hydrogens (tertiary/aromatic N) is 1. The van der Waals surface area contributed by atoms with E-state index in [0.29, 0.717) is 18.8 Å². The van der Waals surface area contributed by atoms with E-state index in [1.807, 2.05) is 18.2 Å². The summed E-state index contributed by atoms with van der Waals surface area (Å²) in [7, 11) is 0. The van der Waals surface area contributed by atoms with E-state index in [9.17, 15) is 19.7 Å². The summed E-state index contributed by atoms with van der Waals surface area (Å²) in [6.45, 7) is 0.981. The zero-order valence-corrected chi connectivity index (χ0v) is 15.2. The maximum Gasteiger partial charge on any atom is 0.269 e. The van der Waals surface area contributed by atoms with E-state index in [1.165, 1.54) is 29.8 Å². The van der Waals surface area contributed by atoms with Gasteiger partial charge in [-0.25, -0.2) is 0 Å². The van der Waals surface area contributed by atoms with Gasteiger partial charge in [0.15, 0.2) is 0 Å². The Hall–Kier alpha value is -3.26. The Morgan fingerprint density at radius 1 is 1.07 bits per heavy atom. The molecule has 1 heterocycles. The predicted molar refractivity (Wildman–Crippen MR) is 103 cm³/mol. The fourth-order valence-corrected chi connectivity index (χ4v) is 3.06. The molecule has 0 unspecified atom stereocenters. The lowest BCUT2D eigenvalue weighted by Crippen LogP contribution is -2.32. The smallest absolute Gasteiger partial charge is 0.269 e. The lowest BCUT2D eigenvalue weighted by molar-refractivity contribution is -0.384. The quantitative estimate of drug-likeness (QED) is 0.564. The number of benzene rings is 2. The van der Waals surface area contributed by atoms with Crippen molar-refractivity contribution < 1.29 is 19.2 Å². The molecular formula is C20H21N3O5. The average molecular weight is 383 g/mol. The molecule has 8 nitrogen and oxygen atoms in total. The van der Waals surface area contributed by atoms with Crippen molar-refractivity contribution in [1.29, 1.82) is 0 Å². The molecule has 0 radical (unpaired) electrons. The number of nitrogens with one attached hydrogen (secondary N) is 2. The van der Waals surface area contributed by atoms with Crippen LogP contribution in [0.15, 0.2) is 48.5 Å². The molecule has 1 atom stereocenters. The first-order chi connectivity index (χ1) is 13.5. The monoisotopic (exact) mass is 383 g/mol. The Morgan fingerprint density at radius 3 is 2.54 bits per heavy atom. The van der Waals surface area contributed by atoms with E-state index in [2.05, 4.69) is 16.7 Å². The molecule has 0 bridgehead atoms. The molecule has 0 aromatic heterocycles. The number of hydrogen-bond donors (Lipinski definition) is 2. The summed E-state index contributed by atoms with van der Waals surface area (Å²) in [5.41, 5.74) is 2.72. The number of rotatable bonds is 7. The van der Waals surface area contributed by atoms with Crippen molar-refractivity contribution in [3.05, 3.63) is 69.8 Å². The Labute approximate surface area is 162 Å². The Morgan fingerprint density at radius 2 is 1.79 bits per heavy atom. The second-order valence-corrected chi connectivity index (χ2v) is 6.46. The molecule has 2 aromatic rings. The number of carbonyl (C=O) groups is 2. The van der Waals surface area contributed by atoms with Gasteiger partial charge in [-0.05, 0) is 29.7 Å². The molecule has 28 heavy (non-hydrogen) atoms. The maximum atomic E-state index is 12.1. The molecule has 0 fully saturated rings. The third-order valence-corrected chi connectivity index (χ3v) is 4.52. The highest BCUT2D eigenvalue weighted by molar-refractivity contribution is 5.93. The number of ether oxygens (including phenoxy) is 1. The molecule has 0 spiro atoms. The third kappa shape index (κ3) is 5.14. The molecule has 1 aliphatic heterocycles. The van der Waals surface area contributed by atoms with Gasteiger partial charge in [0.05, 0.1) is 11.5 Å². The number of anilines is 1. The largest absolute Gasteiger partial charge is 0.371 e. The Bertz CT molecular complexity index is 866. The van der Waals surface area contributed by atoms with Crippen LogP contribution in [0.4, 0.5) is 11.4 Å². The number of carbonyl (C=O) groups excluding carboxylic acids is 2. The molecule has 1 aliphatic rings. The molecule has 3 rings (SSSR count). The molecule has 2 aromatic carbocycles. The van der Waals surface area contributed by atoms with Crippen LogP contribution in [-0.2, 0) is 20.7 Å². The second-order valence-electron chi connectivity index (χ2n) is 6.46. The van der Waals surface area contributed by atoms with Crippen molar-refractivity contribution in [3.63, 3.8) is 0 Å². The van der Waals surface area contributed by atoms with Gasteiger partial charge in [-0.15, -0.1) is 0 Å². The number of amides is 2. The number of fused-ring (bicyclic) bond motifs is 1. The van der Waals surface area contributed by atoms with Gasteiger partial charge in [0.25, 0.3) is 5.69 Å². The maximum absolute atomic E-state index is 12.1. The molecule has 146 valence electrons. The molecule has 2 amide bonds. The van der Waals surface area contributed by atoms with Crippen LogP contribution in [0.2, 0.25) is 0 Å². The van der Waals surface area contributed by atoms with Crippen LogP contribution >= 0.6 is 0 Å². The zero-order valence-electron chi connectivity index (χ0n) is 15.2. The summed E-state index contributed by atoms with van der Waals surface area (Å²) < 4.78 is 5.74. The average Bonchev–Trinajstić information content (AvgIpc) is 2.71. The van der Waals surface area contributed by atoms with E-state index >= 15 is 0 Å². The van der Waals surface area contributed by atoms with E-state index in [-0.39, 0.29) is 36.4 Å². The second kappa shape index (κ2) is 9.09. The molecule has 2 N–H and O–H groups in total. The topological polar surface area (TPSA) is 111 Å². The molecule has 0 saturated carbocycles. The van der Waals surface area contributed by atoms with Gasteiger partial charge >= 0.3 is 0 Å². The van der Waals surface area contributed by atoms with Crippen LogP contribution in [0.1, 0.15) is 30.1 Å². The first-order valence-corrected chi connectivity index (χ1v) is 9.03. The lowest BCUT2D eigenvalue weighted by Gasteiger charge is -2.26. The van der Waals surface area contributed by atoms with Gasteiger partial charge in [-0.3, -0.25) is 19.7 Å². The lowest BCUT2D eigenvalue weighted by atomic mass is 9.97. The predicted octanol–water partition coefficient (Wildman–Crippen LogP) is 2.74. The van der Waals surface area contributed by atoms with Gasteiger partial charge in [-0.2, -0.15) is 0 Å². The van der Waals surface area contributed by atoms with Crippen LogP contribution < -0.4 is 10.6 Å². The summed E-state index contributed by atoms with van der Waals surface area (Å²) in [4.78, 5) is 34.1. The van der Waals surface area contributed by atoms with Gasteiger partial charge in [0.2, 0.25) is 11.8 Å². The summed E-state index contributed by atoms with van der Waals surface area (Å²) in [5.74, 6) is -0.561. The minimum absolute atomic E-state index is 0.0188. The van der Waals surface area contributed by atoms with Gasteiger partial charge < -0.3 is 15.4 Å². The summed E-state index contributed by atoms with van der Waals surface area (Å²) in [6, 6.07) is 13.5. The first kappa shape index (κ1) is 19.5. The van der Waals surface area contributed by atoms with Crippen LogP contribution in [0.25, 0.3) is 0 Å². The Balaban J connectivity index is 1.42. The molecule has 8 heteroatoms. The standard InChI is InChI=1S/C20H21N3O5/c24-19(21-13-18-17-4-2-1-3-14(17)11-12-28-18)9-10-20(25)22-15-5-7-16(8-6-15)23(26)27/h1-8,18H,9-13H2,(H,21,24)(H,22,25)/t18-/m1/s1. The zero-order chi connectivity index (χ0) is 19.9. The summed E-state index contributed by atoms with van der Waals surface area (Å²) >= 11 is 0. The minimum atomic E-state index is -0.510. The van der Waals surface area contributed by atoms with Gasteiger partial charge in [-0.1, -0.05) is 24.3 Å². The van der Waals surface area contributed by atoms with Crippen molar-refractivity contribution in [2.24, 2.45) is 0 Å². The van der Waals surface area contributed by atoms with E-state index in [4.69, 9.17) is 4.74 Å². The van der Waals surface area contributed by atoms with E-state index in [1.54, 1.807) is 0 Å². The number of non-ortho nitro benzene ring substituents is 1. The van der Waals surface area contributed by atoms with Crippen LogP contribution in [-0.4, -0.2) is 29.9 Å². The van der Waals surface area contributed by atoms with Crippen LogP contribution in [0, 0.1) is 10.1 Å². The van der Waals surface area contributed by atoms with Crippen molar-refractivity contribution in [1.82, 2.24) is 5.32 Å². The van der Waals surface area contributed by atoms with Crippen LogP contribution in [0.5, 0.6) is 0 Å². The fraction of sp³-hybridized carbons (Fsp3) is 0.300. The first-order valence-electron chi connectivity index (χ1n) is 9.03. The van der Waals surface area contributed by atoms with Crippen LogP contribution in [0.3, 0.4) is 0 Å². The molecular weight excluding hydrogens is 362 g/mol. The highest BCUT2D eigenvalue weighted by Gasteiger charge is 2.21. The number of nitro benzene ring substituents is 1. The highest BCUT2D eigenvalue weighted by Crippen LogP contribution is 2.26. The molecule has 0 saturated heterocycles. The SMILES string of the molecule is O=C(CCC(=O)Nc1ccc([N+](=O)[O-])cc1)NC[C@H]1OCCc2ccccc21. The van der Waals surface area contributed by atoms with Crippen molar-refractivity contribution >= 4 is 23.2 Å². The van der Waals surface area contributed by atoms with Gasteiger partial charge in [0.1, 0.15) is 6.10 Å². The summed E-state index contributed by atoms with van der Waals surface area (Å²) in [5, 5.41) is 16.0. The third-order valence-electron chi connectivity index (χ3n) is 4.52. The van der Waals surface area contributed by atoms with Crippen molar-refractivity contribution in [2.45, 2.75) is 25.4 Å². The fourth-order valence-electron chi connectivity index (χ4n) is 3.06. The number of hydrogen-bond acceptors (Lipinski definition) is 5. The molecule has 0 aliphatic carbocycles. The minimum Gasteiger partial charge on any atom is -0.371 e. The highest BCUT2D eigenvalue weighted by atomic mass is 16.6. The Kier molecular flexibility index (Phi) is 6.33. The normalized spacial score (nSPS) is 15.4. The van der Waals surface area contributed by atoms with Gasteiger partial charge in [0, 0.05) is 37.2 Å².